The predicted molar refractivity (Wildman–Crippen MR) is 130 cm³/mol. The zero-order valence-electron chi connectivity index (χ0n) is 18.8. The number of nitrogens with one attached hydrogen (secondary N) is 1. The number of carbonyl (C=O) groups excluding carboxylic acids is 1. The summed E-state index contributed by atoms with van der Waals surface area (Å²) >= 11 is 5.89. The second-order valence-electron chi connectivity index (χ2n) is 8.14. The molecule has 0 bridgehead atoms. The van der Waals surface area contributed by atoms with Crippen LogP contribution in [0.4, 0.5) is 5.69 Å². The Kier molecular flexibility index (Phi) is 8.57. The van der Waals surface area contributed by atoms with Gasteiger partial charge in [-0.3, -0.25) is 4.79 Å². The lowest BCUT2D eigenvalue weighted by molar-refractivity contribution is -0.126. The van der Waals surface area contributed by atoms with Gasteiger partial charge in [0.25, 0.3) is 0 Å². The van der Waals surface area contributed by atoms with Crippen LogP contribution in [0, 0.1) is 5.92 Å². The summed E-state index contributed by atoms with van der Waals surface area (Å²) in [5.74, 6) is -0.514. The van der Waals surface area contributed by atoms with Gasteiger partial charge in [0.05, 0.1) is 11.7 Å². The molecule has 32 heavy (non-hydrogen) atoms. The van der Waals surface area contributed by atoms with Gasteiger partial charge in [-0.25, -0.2) is 12.7 Å². The standard InChI is InChI=1S/C24H32ClN3O3S/c1-3-27(4-2)23-13-9-19(10-14-23)16-26-24(29)21-6-5-15-28(17-21)32(30,31)18-20-7-11-22(25)12-8-20/h7-14,21H,3-6,15-18H2,1-2H3,(H,26,29)/t21-/m1/s1. The Bertz CT molecular complexity index is 990. The molecule has 3 rings (SSSR count). The first-order chi connectivity index (χ1) is 15.3. The average molecular weight is 478 g/mol. The number of nitrogens with zero attached hydrogens (tertiary/aromatic N) is 2. The van der Waals surface area contributed by atoms with Gasteiger partial charge in [-0.1, -0.05) is 35.9 Å². The second kappa shape index (κ2) is 11.2. The van der Waals surface area contributed by atoms with Crippen LogP contribution in [0.15, 0.2) is 48.5 Å². The molecule has 0 radical (unpaired) electrons. The predicted octanol–water partition coefficient (Wildman–Crippen LogP) is 4.04. The van der Waals surface area contributed by atoms with Crippen molar-refractivity contribution >= 4 is 33.2 Å². The van der Waals surface area contributed by atoms with Crippen LogP contribution in [-0.2, 0) is 27.1 Å². The number of carbonyl (C=O) groups is 1. The maximum atomic E-state index is 12.9. The minimum Gasteiger partial charge on any atom is -0.372 e. The topological polar surface area (TPSA) is 69.7 Å². The fourth-order valence-corrected chi connectivity index (χ4v) is 5.78. The molecule has 2 aromatic rings. The van der Waals surface area contributed by atoms with Crippen molar-refractivity contribution in [2.45, 2.75) is 39.0 Å². The summed E-state index contributed by atoms with van der Waals surface area (Å²) in [6, 6.07) is 15.0. The number of amides is 1. The van der Waals surface area contributed by atoms with E-state index >= 15 is 0 Å². The van der Waals surface area contributed by atoms with Crippen LogP contribution in [0.3, 0.4) is 0 Å². The van der Waals surface area contributed by atoms with Crippen molar-refractivity contribution in [1.82, 2.24) is 9.62 Å². The molecule has 1 aliphatic heterocycles. The summed E-state index contributed by atoms with van der Waals surface area (Å²) in [5.41, 5.74) is 2.88. The van der Waals surface area contributed by atoms with E-state index < -0.39 is 10.0 Å². The summed E-state index contributed by atoms with van der Waals surface area (Å²) in [7, 11) is -3.50. The van der Waals surface area contributed by atoms with Gasteiger partial charge in [-0.05, 0) is 62.1 Å². The van der Waals surface area contributed by atoms with Crippen molar-refractivity contribution in [3.63, 3.8) is 0 Å². The number of rotatable bonds is 9. The van der Waals surface area contributed by atoms with Crippen molar-refractivity contribution in [2.75, 3.05) is 31.1 Å². The fraction of sp³-hybridized carbons (Fsp3) is 0.458. The van der Waals surface area contributed by atoms with Crippen LogP contribution < -0.4 is 10.2 Å². The molecule has 1 saturated heterocycles. The Balaban J connectivity index is 1.55. The summed E-state index contributed by atoms with van der Waals surface area (Å²) in [5, 5.41) is 3.56. The van der Waals surface area contributed by atoms with E-state index in [1.165, 1.54) is 9.99 Å². The minimum atomic E-state index is -3.50. The number of hydrogen-bond donors (Lipinski definition) is 1. The van der Waals surface area contributed by atoms with Crippen molar-refractivity contribution in [3.8, 4) is 0 Å². The summed E-state index contributed by atoms with van der Waals surface area (Å²) in [6.07, 6.45) is 1.37. The highest BCUT2D eigenvalue weighted by atomic mass is 35.5. The number of hydrogen-bond acceptors (Lipinski definition) is 4. The molecule has 0 aromatic heterocycles. The van der Waals surface area contributed by atoms with E-state index in [1.54, 1.807) is 24.3 Å². The molecule has 174 valence electrons. The lowest BCUT2D eigenvalue weighted by Crippen LogP contribution is -2.45. The molecule has 1 atom stereocenters. The summed E-state index contributed by atoms with van der Waals surface area (Å²) in [4.78, 5) is 15.0. The van der Waals surface area contributed by atoms with Crippen molar-refractivity contribution < 1.29 is 13.2 Å². The normalized spacial score (nSPS) is 17.2. The molecule has 0 unspecified atom stereocenters. The van der Waals surface area contributed by atoms with E-state index in [2.05, 4.69) is 36.2 Å². The largest absolute Gasteiger partial charge is 0.372 e. The van der Waals surface area contributed by atoms with Crippen LogP contribution in [0.5, 0.6) is 0 Å². The zero-order valence-corrected chi connectivity index (χ0v) is 20.3. The lowest BCUT2D eigenvalue weighted by Gasteiger charge is -2.31. The third-order valence-corrected chi connectivity index (χ3v) is 8.01. The molecule has 1 fully saturated rings. The third-order valence-electron chi connectivity index (χ3n) is 5.94. The Morgan fingerprint density at radius 1 is 1.06 bits per heavy atom. The molecular formula is C24H32ClN3O3S. The zero-order chi connectivity index (χ0) is 23.1. The number of piperidine rings is 1. The van der Waals surface area contributed by atoms with E-state index in [0.29, 0.717) is 36.5 Å². The van der Waals surface area contributed by atoms with Crippen molar-refractivity contribution in [3.05, 3.63) is 64.7 Å². The molecule has 1 N–H and O–H groups in total. The fourth-order valence-electron chi connectivity index (χ4n) is 4.04. The lowest BCUT2D eigenvalue weighted by atomic mass is 9.98. The van der Waals surface area contributed by atoms with Crippen LogP contribution in [0.1, 0.15) is 37.8 Å². The van der Waals surface area contributed by atoms with Gasteiger partial charge < -0.3 is 10.2 Å². The monoisotopic (exact) mass is 477 g/mol. The number of benzene rings is 2. The van der Waals surface area contributed by atoms with Gasteiger partial charge in [0.2, 0.25) is 15.9 Å². The van der Waals surface area contributed by atoms with E-state index in [-0.39, 0.29) is 24.1 Å². The molecule has 0 saturated carbocycles. The number of anilines is 1. The average Bonchev–Trinajstić information content (AvgIpc) is 2.80. The maximum absolute atomic E-state index is 12.9. The van der Waals surface area contributed by atoms with E-state index in [0.717, 1.165) is 18.7 Å². The highest BCUT2D eigenvalue weighted by Gasteiger charge is 2.32. The molecule has 8 heteroatoms. The van der Waals surface area contributed by atoms with Crippen LogP contribution in [0.2, 0.25) is 5.02 Å². The Morgan fingerprint density at radius 3 is 2.31 bits per heavy atom. The quantitative estimate of drug-likeness (QED) is 0.591. The first kappa shape index (κ1) is 24.6. The molecule has 1 heterocycles. The molecule has 0 spiro atoms. The Labute approximate surface area is 196 Å². The van der Waals surface area contributed by atoms with Crippen LogP contribution in [0.25, 0.3) is 0 Å². The summed E-state index contributed by atoms with van der Waals surface area (Å²) in [6.45, 7) is 7.26. The molecule has 6 nitrogen and oxygen atoms in total. The van der Waals surface area contributed by atoms with E-state index in [9.17, 15) is 13.2 Å². The van der Waals surface area contributed by atoms with Gasteiger partial charge in [0.1, 0.15) is 0 Å². The van der Waals surface area contributed by atoms with Gasteiger partial charge in [0, 0.05) is 43.4 Å². The van der Waals surface area contributed by atoms with Crippen molar-refractivity contribution in [2.24, 2.45) is 5.92 Å². The molecule has 2 aromatic carbocycles. The van der Waals surface area contributed by atoms with Gasteiger partial charge in [-0.15, -0.1) is 0 Å². The molecule has 1 amide bonds. The van der Waals surface area contributed by atoms with Gasteiger partial charge in [-0.2, -0.15) is 0 Å². The Hall–Kier alpha value is -2.09. The van der Waals surface area contributed by atoms with E-state index in [4.69, 9.17) is 11.6 Å². The number of halogens is 1. The second-order valence-corrected chi connectivity index (χ2v) is 10.5. The number of sulfonamides is 1. The smallest absolute Gasteiger partial charge is 0.224 e. The highest BCUT2D eigenvalue weighted by molar-refractivity contribution is 7.88. The van der Waals surface area contributed by atoms with Crippen molar-refractivity contribution in [1.29, 1.82) is 0 Å². The van der Waals surface area contributed by atoms with Crippen LogP contribution >= 0.6 is 11.6 Å². The summed E-state index contributed by atoms with van der Waals surface area (Å²) < 4.78 is 27.2. The van der Waals surface area contributed by atoms with Gasteiger partial charge >= 0.3 is 0 Å². The molecule has 0 aliphatic carbocycles. The minimum absolute atomic E-state index is 0.0859. The Morgan fingerprint density at radius 2 is 1.69 bits per heavy atom. The first-order valence-electron chi connectivity index (χ1n) is 11.2. The first-order valence-corrected chi connectivity index (χ1v) is 13.1. The van der Waals surface area contributed by atoms with Gasteiger partial charge in [0.15, 0.2) is 0 Å². The highest BCUT2D eigenvalue weighted by Crippen LogP contribution is 2.22. The SMILES string of the molecule is CCN(CC)c1ccc(CNC(=O)[C@@H]2CCCN(S(=O)(=O)Cc3ccc(Cl)cc3)C2)cc1. The van der Waals surface area contributed by atoms with Crippen LogP contribution in [-0.4, -0.2) is 44.8 Å². The molecular weight excluding hydrogens is 446 g/mol. The third kappa shape index (κ3) is 6.47. The van der Waals surface area contributed by atoms with E-state index in [1.807, 2.05) is 12.1 Å². The maximum Gasteiger partial charge on any atom is 0.224 e. The molecule has 1 aliphatic rings.